The van der Waals surface area contributed by atoms with Gasteiger partial charge in [0.15, 0.2) is 0 Å². The summed E-state index contributed by atoms with van der Waals surface area (Å²) >= 11 is 0. The monoisotopic (exact) mass is 587 g/mol. The number of esters is 1. The van der Waals surface area contributed by atoms with Gasteiger partial charge in [0.25, 0.3) is 0 Å². The number of hydrogen-bond acceptors (Lipinski definition) is 9. The van der Waals surface area contributed by atoms with E-state index >= 15 is 0 Å². The molecule has 1 heterocycles. The zero-order chi connectivity index (χ0) is 31.1. The van der Waals surface area contributed by atoms with Gasteiger partial charge in [-0.1, -0.05) is 32.0 Å². The number of aryl methyl sites for hydroxylation is 1. The summed E-state index contributed by atoms with van der Waals surface area (Å²) in [6.45, 7) is 11.7. The predicted octanol–water partition coefficient (Wildman–Crippen LogP) is 3.23. The molecule has 0 radical (unpaired) electrons. The lowest BCUT2D eigenvalue weighted by molar-refractivity contribution is -0.140. The van der Waals surface area contributed by atoms with Crippen LogP contribution in [0.1, 0.15) is 58.6 Å². The van der Waals surface area contributed by atoms with Crippen molar-refractivity contribution in [3.05, 3.63) is 53.6 Å². The Kier molecular flexibility index (Phi) is 14.8. The first-order chi connectivity index (χ1) is 19.9. The lowest BCUT2D eigenvalue weighted by Crippen LogP contribution is -2.42. The van der Waals surface area contributed by atoms with Crippen molar-refractivity contribution in [2.45, 2.75) is 84.1 Å². The molecule has 1 aliphatic heterocycles. The lowest BCUT2D eigenvalue weighted by Gasteiger charge is -2.24. The summed E-state index contributed by atoms with van der Waals surface area (Å²) < 4.78 is 15.8. The standard InChI is InChI=1S/C16H24N2O3.C16H25NO4/c1-16(2,3)17-9-11(19)10-21-14-6-4-5-13-12(14)7-8-15(20)18-13;1-12(2)17-10-14(18)11-21-15-7-4-13(5-8-15)6-9-16(19)20-3/h4-6,11,17,19H,7-10H2,1-3H3,(H,18,20);4-5,7-8,12,14,17-18H,6,9-11H2,1-3H3. The van der Waals surface area contributed by atoms with Gasteiger partial charge in [-0.25, -0.2) is 0 Å². The van der Waals surface area contributed by atoms with Crippen molar-refractivity contribution >= 4 is 17.6 Å². The van der Waals surface area contributed by atoms with E-state index in [1.54, 1.807) is 0 Å². The largest absolute Gasteiger partial charge is 0.491 e. The summed E-state index contributed by atoms with van der Waals surface area (Å²) in [5, 5.41) is 28.9. The molecular weight excluding hydrogens is 538 g/mol. The Labute approximate surface area is 250 Å². The highest BCUT2D eigenvalue weighted by Crippen LogP contribution is 2.31. The number of hydrogen-bond donors (Lipinski definition) is 5. The van der Waals surface area contributed by atoms with Gasteiger partial charge in [-0.05, 0) is 63.4 Å². The Morgan fingerprint density at radius 2 is 1.64 bits per heavy atom. The number of carbonyl (C=O) groups is 2. The molecule has 2 aromatic carbocycles. The number of methoxy groups -OCH3 is 1. The van der Waals surface area contributed by atoms with Crippen molar-refractivity contribution < 1.29 is 34.0 Å². The zero-order valence-corrected chi connectivity index (χ0v) is 25.9. The maximum Gasteiger partial charge on any atom is 0.305 e. The number of benzene rings is 2. The minimum absolute atomic E-state index is 0.0306. The molecular formula is C32H49N3O7. The SMILES string of the molecule is CC(C)(C)NCC(O)COc1cccc2c1CCC(=O)N2.COC(=O)CCc1ccc(OCC(O)CNC(C)C)cc1. The van der Waals surface area contributed by atoms with Crippen LogP contribution in [0.25, 0.3) is 0 Å². The van der Waals surface area contributed by atoms with Crippen molar-refractivity contribution in [1.29, 1.82) is 0 Å². The predicted molar refractivity (Wildman–Crippen MR) is 164 cm³/mol. The van der Waals surface area contributed by atoms with Gasteiger partial charge in [-0.2, -0.15) is 0 Å². The molecule has 0 aromatic heterocycles. The van der Waals surface area contributed by atoms with Crippen LogP contribution in [-0.2, 0) is 27.2 Å². The number of anilines is 1. The molecule has 2 aromatic rings. The van der Waals surface area contributed by atoms with E-state index in [0.717, 1.165) is 22.6 Å². The van der Waals surface area contributed by atoms with Crippen LogP contribution in [0.15, 0.2) is 42.5 Å². The van der Waals surface area contributed by atoms with E-state index in [-0.39, 0.29) is 30.6 Å². The van der Waals surface area contributed by atoms with E-state index in [4.69, 9.17) is 9.47 Å². The summed E-state index contributed by atoms with van der Waals surface area (Å²) in [6, 6.07) is 13.4. The first-order valence-corrected chi connectivity index (χ1v) is 14.5. The molecule has 5 N–H and O–H groups in total. The van der Waals surface area contributed by atoms with Crippen LogP contribution in [0.4, 0.5) is 5.69 Å². The highest BCUT2D eigenvalue weighted by Gasteiger charge is 2.19. The highest BCUT2D eigenvalue weighted by molar-refractivity contribution is 5.94. The normalized spacial score (nSPS) is 14.2. The fraction of sp³-hybridized carbons (Fsp3) is 0.562. The summed E-state index contributed by atoms with van der Waals surface area (Å²) in [7, 11) is 1.39. The van der Waals surface area contributed by atoms with Gasteiger partial charge >= 0.3 is 5.97 Å². The molecule has 0 aliphatic carbocycles. The third-order valence-corrected chi connectivity index (χ3v) is 6.28. The third kappa shape index (κ3) is 14.1. The Morgan fingerprint density at radius 1 is 0.976 bits per heavy atom. The molecule has 10 heteroatoms. The zero-order valence-electron chi connectivity index (χ0n) is 25.9. The van der Waals surface area contributed by atoms with Crippen molar-refractivity contribution in [3.8, 4) is 11.5 Å². The molecule has 234 valence electrons. The number of β-amino-alcohol motifs (C(OH)–C–C–N with tert-alkyl or cyclic N) is 1. The molecule has 1 aliphatic rings. The number of carbonyl (C=O) groups excluding carboxylic acids is 2. The summed E-state index contributed by atoms with van der Waals surface area (Å²) in [4.78, 5) is 22.4. The average molecular weight is 588 g/mol. The van der Waals surface area contributed by atoms with Crippen LogP contribution in [0.5, 0.6) is 11.5 Å². The summed E-state index contributed by atoms with van der Waals surface area (Å²) in [5.41, 5.74) is 2.84. The molecule has 3 rings (SSSR count). The first kappa shape index (κ1) is 35.0. The van der Waals surface area contributed by atoms with Gasteiger partial charge in [0.2, 0.25) is 5.91 Å². The number of fused-ring (bicyclic) bond motifs is 1. The second-order valence-electron chi connectivity index (χ2n) is 11.7. The molecule has 0 saturated heterocycles. The third-order valence-electron chi connectivity index (χ3n) is 6.28. The van der Waals surface area contributed by atoms with E-state index in [2.05, 4.69) is 41.5 Å². The van der Waals surface area contributed by atoms with E-state index < -0.39 is 12.2 Å². The van der Waals surface area contributed by atoms with Crippen molar-refractivity contribution in [2.24, 2.45) is 0 Å². The topological polar surface area (TPSA) is 138 Å². The summed E-state index contributed by atoms with van der Waals surface area (Å²) in [6.07, 6.45) is 1.06. The number of nitrogens with one attached hydrogen (secondary N) is 3. The molecule has 0 saturated carbocycles. The Morgan fingerprint density at radius 3 is 2.29 bits per heavy atom. The molecule has 2 atom stereocenters. The van der Waals surface area contributed by atoms with E-state index in [1.807, 2.05) is 56.3 Å². The van der Waals surface area contributed by atoms with Crippen LogP contribution in [0.3, 0.4) is 0 Å². The molecule has 1 amide bonds. The van der Waals surface area contributed by atoms with Crippen LogP contribution in [-0.4, -0.2) is 79.3 Å². The van der Waals surface area contributed by atoms with E-state index in [0.29, 0.717) is 50.6 Å². The second-order valence-corrected chi connectivity index (χ2v) is 11.7. The van der Waals surface area contributed by atoms with Crippen molar-refractivity contribution in [1.82, 2.24) is 10.6 Å². The molecule has 2 unspecified atom stereocenters. The van der Waals surface area contributed by atoms with Gasteiger partial charge in [-0.3, -0.25) is 9.59 Å². The average Bonchev–Trinajstić information content (AvgIpc) is 2.95. The number of amides is 1. The number of ether oxygens (including phenoxy) is 3. The quantitative estimate of drug-likeness (QED) is 0.211. The second kappa shape index (κ2) is 17.7. The number of rotatable bonds is 14. The summed E-state index contributed by atoms with van der Waals surface area (Å²) in [5.74, 6) is 1.27. The molecule has 0 spiro atoms. The Hall–Kier alpha value is -3.18. The molecule has 0 fully saturated rings. The Bertz CT molecular complexity index is 1100. The smallest absolute Gasteiger partial charge is 0.305 e. The van der Waals surface area contributed by atoms with Gasteiger partial charge in [0.1, 0.15) is 36.9 Å². The fourth-order valence-electron chi connectivity index (χ4n) is 3.92. The number of aliphatic hydroxyl groups is 2. The fourth-order valence-corrected chi connectivity index (χ4v) is 3.92. The van der Waals surface area contributed by atoms with Gasteiger partial charge in [-0.15, -0.1) is 0 Å². The van der Waals surface area contributed by atoms with Gasteiger partial charge in [0, 0.05) is 48.8 Å². The van der Waals surface area contributed by atoms with Gasteiger partial charge in [0.05, 0.1) is 7.11 Å². The van der Waals surface area contributed by atoms with Crippen LogP contribution >= 0.6 is 0 Å². The minimum Gasteiger partial charge on any atom is -0.491 e. The van der Waals surface area contributed by atoms with Crippen molar-refractivity contribution in [2.75, 3.05) is 38.7 Å². The maximum absolute atomic E-state index is 11.4. The molecule has 42 heavy (non-hydrogen) atoms. The first-order valence-electron chi connectivity index (χ1n) is 14.5. The van der Waals surface area contributed by atoms with Gasteiger partial charge < -0.3 is 40.4 Å². The van der Waals surface area contributed by atoms with Crippen LogP contribution < -0.4 is 25.4 Å². The molecule has 10 nitrogen and oxygen atoms in total. The van der Waals surface area contributed by atoms with Crippen LogP contribution in [0, 0.1) is 0 Å². The maximum atomic E-state index is 11.4. The van der Waals surface area contributed by atoms with Crippen LogP contribution in [0.2, 0.25) is 0 Å². The lowest BCUT2D eigenvalue weighted by atomic mass is 10.0. The van der Waals surface area contributed by atoms with Crippen molar-refractivity contribution in [3.63, 3.8) is 0 Å². The minimum atomic E-state index is -0.571. The molecule has 0 bridgehead atoms. The van der Waals surface area contributed by atoms with E-state index in [1.165, 1.54) is 7.11 Å². The van der Waals surface area contributed by atoms with E-state index in [9.17, 15) is 19.8 Å². The Balaban J connectivity index is 0.000000293. The number of aliphatic hydroxyl groups excluding tert-OH is 2. The highest BCUT2D eigenvalue weighted by atomic mass is 16.5.